The van der Waals surface area contributed by atoms with E-state index in [9.17, 15) is 9.59 Å². The van der Waals surface area contributed by atoms with E-state index in [0.717, 1.165) is 0 Å². The first-order valence-corrected chi connectivity index (χ1v) is 11.0. The standard InChI is InChI=1S/C22H22N4O4S/c1-5-17(27)25-15-11-7-6-9-13(15)18-20(28)23-22(31-4)24-26(18)21(25)14-10-8-12-16(29-2)19(14)30-3/h6-12,21H,5H2,1-4H3/p+1/t21-/m1/s1. The van der Waals surface area contributed by atoms with Crippen LogP contribution in [0.5, 0.6) is 11.5 Å². The van der Waals surface area contributed by atoms with E-state index in [1.165, 1.54) is 11.8 Å². The number of benzene rings is 2. The van der Waals surface area contributed by atoms with Crippen molar-refractivity contribution in [3.05, 3.63) is 58.4 Å². The van der Waals surface area contributed by atoms with Crippen LogP contribution in [0, 0.1) is 0 Å². The second-order valence-corrected chi connectivity index (χ2v) is 7.64. The fourth-order valence-electron chi connectivity index (χ4n) is 3.90. The zero-order valence-electron chi connectivity index (χ0n) is 17.7. The van der Waals surface area contributed by atoms with Crippen molar-refractivity contribution in [1.82, 2.24) is 10.1 Å². The first-order valence-electron chi connectivity index (χ1n) is 9.78. The number of fused-ring (bicyclic) bond motifs is 3. The van der Waals surface area contributed by atoms with Crippen LogP contribution < -0.4 is 24.6 Å². The number of anilines is 1. The van der Waals surface area contributed by atoms with Gasteiger partial charge in [0.15, 0.2) is 11.5 Å². The smallest absolute Gasteiger partial charge is 0.325 e. The predicted molar refractivity (Wildman–Crippen MR) is 118 cm³/mol. The van der Waals surface area contributed by atoms with Crippen molar-refractivity contribution in [3.63, 3.8) is 0 Å². The van der Waals surface area contributed by atoms with Gasteiger partial charge in [0.2, 0.25) is 11.1 Å². The lowest BCUT2D eigenvalue weighted by Crippen LogP contribution is -2.60. The summed E-state index contributed by atoms with van der Waals surface area (Å²) in [6.07, 6.45) is 1.39. The zero-order chi connectivity index (χ0) is 22.1. The lowest BCUT2D eigenvalue weighted by Gasteiger charge is -2.32. The van der Waals surface area contributed by atoms with Gasteiger partial charge in [0, 0.05) is 11.5 Å². The lowest BCUT2D eigenvalue weighted by atomic mass is 10.0. The molecule has 1 aromatic heterocycles. The fraction of sp³-hybridized carbons (Fsp3) is 0.273. The Morgan fingerprint density at radius 2 is 1.97 bits per heavy atom. The number of ether oxygens (including phenoxy) is 2. The number of amides is 1. The van der Waals surface area contributed by atoms with Crippen molar-refractivity contribution in [2.45, 2.75) is 24.7 Å². The van der Waals surface area contributed by atoms with Gasteiger partial charge in [-0.3, -0.25) is 14.6 Å². The highest BCUT2D eigenvalue weighted by molar-refractivity contribution is 7.98. The summed E-state index contributed by atoms with van der Waals surface area (Å²) in [5.41, 5.74) is 2.05. The van der Waals surface area contributed by atoms with Crippen molar-refractivity contribution >= 4 is 23.4 Å². The molecule has 2 heterocycles. The molecule has 0 unspecified atom stereocenters. The summed E-state index contributed by atoms with van der Waals surface area (Å²) in [6, 6.07) is 12.8. The van der Waals surface area contributed by atoms with E-state index in [2.05, 4.69) is 10.1 Å². The van der Waals surface area contributed by atoms with Crippen LogP contribution in [0.2, 0.25) is 0 Å². The van der Waals surface area contributed by atoms with Crippen LogP contribution in [0.3, 0.4) is 0 Å². The Hall–Kier alpha value is -3.33. The van der Waals surface area contributed by atoms with Crippen molar-refractivity contribution in [2.24, 2.45) is 0 Å². The molecule has 0 spiro atoms. The number of hydrogen-bond acceptors (Lipinski definition) is 6. The molecular weight excluding hydrogens is 416 g/mol. The van der Waals surface area contributed by atoms with Gasteiger partial charge in [-0.25, -0.2) is 4.90 Å². The molecule has 9 heteroatoms. The van der Waals surface area contributed by atoms with E-state index in [4.69, 9.17) is 9.47 Å². The Labute approximate surface area is 183 Å². The molecule has 1 amide bonds. The SMILES string of the molecule is CCC(=O)N1c2ccccc2-c2c(=O)[nH]c(SC)n[n+]2[C@@H]1c1cccc(OC)c1OC. The molecule has 1 atom stereocenters. The van der Waals surface area contributed by atoms with Gasteiger partial charge in [-0.05, 0) is 35.2 Å². The highest BCUT2D eigenvalue weighted by Crippen LogP contribution is 2.42. The molecule has 0 bridgehead atoms. The molecule has 1 aliphatic rings. The molecule has 4 rings (SSSR count). The van der Waals surface area contributed by atoms with Crippen LogP contribution in [0.1, 0.15) is 25.1 Å². The van der Waals surface area contributed by atoms with Crippen molar-refractivity contribution < 1.29 is 19.0 Å². The van der Waals surface area contributed by atoms with Gasteiger partial charge in [0.25, 0.3) is 6.17 Å². The van der Waals surface area contributed by atoms with Gasteiger partial charge in [0.05, 0.1) is 31.0 Å². The molecule has 8 nitrogen and oxygen atoms in total. The number of hydrogen-bond donors (Lipinski definition) is 1. The normalized spacial score (nSPS) is 14.6. The quantitative estimate of drug-likeness (QED) is 0.486. The number of para-hydroxylation sites is 2. The fourth-order valence-corrected chi connectivity index (χ4v) is 4.26. The Kier molecular flexibility index (Phi) is 5.69. The van der Waals surface area contributed by atoms with Crippen molar-refractivity contribution in [3.8, 4) is 22.8 Å². The summed E-state index contributed by atoms with van der Waals surface area (Å²) in [6.45, 7) is 1.81. The third kappa shape index (κ3) is 3.34. The Morgan fingerprint density at radius 3 is 2.65 bits per heavy atom. The molecule has 3 aromatic rings. The van der Waals surface area contributed by atoms with Crippen LogP contribution in [-0.4, -0.2) is 36.5 Å². The van der Waals surface area contributed by atoms with Crippen LogP contribution >= 0.6 is 11.8 Å². The highest BCUT2D eigenvalue weighted by Gasteiger charge is 2.46. The van der Waals surface area contributed by atoms with Crippen LogP contribution in [0.4, 0.5) is 5.69 Å². The van der Waals surface area contributed by atoms with E-state index in [1.54, 1.807) is 29.9 Å². The molecule has 0 radical (unpaired) electrons. The minimum absolute atomic E-state index is 0.103. The maximum atomic E-state index is 13.2. The molecule has 1 aliphatic heterocycles. The molecular formula is C22H23N4O4S+. The first-order chi connectivity index (χ1) is 15.0. The van der Waals surface area contributed by atoms with Gasteiger partial charge in [-0.1, -0.05) is 36.9 Å². The number of rotatable bonds is 5. The minimum Gasteiger partial charge on any atom is -0.493 e. The maximum Gasteiger partial charge on any atom is 0.325 e. The molecule has 160 valence electrons. The summed E-state index contributed by atoms with van der Waals surface area (Å²) >= 11 is 1.32. The molecule has 0 aliphatic carbocycles. The lowest BCUT2D eigenvalue weighted by molar-refractivity contribution is -0.763. The molecule has 0 fully saturated rings. The number of methoxy groups -OCH3 is 2. The van der Waals surface area contributed by atoms with E-state index in [0.29, 0.717) is 39.2 Å². The number of aromatic nitrogens is 3. The molecule has 0 saturated carbocycles. The summed E-state index contributed by atoms with van der Waals surface area (Å²) in [5.74, 6) is 0.905. The largest absolute Gasteiger partial charge is 0.493 e. The van der Waals surface area contributed by atoms with Gasteiger partial charge in [-0.2, -0.15) is 0 Å². The molecule has 1 N–H and O–H groups in total. The first kappa shape index (κ1) is 20.9. The summed E-state index contributed by atoms with van der Waals surface area (Å²) in [7, 11) is 3.11. The van der Waals surface area contributed by atoms with Crippen LogP contribution in [0.15, 0.2) is 52.4 Å². The monoisotopic (exact) mass is 439 g/mol. The third-order valence-electron chi connectivity index (χ3n) is 5.23. The average Bonchev–Trinajstić information content (AvgIpc) is 2.81. The summed E-state index contributed by atoms with van der Waals surface area (Å²) in [5, 5.41) is 5.13. The number of carbonyl (C=O) groups excluding carboxylic acids is 1. The van der Waals surface area contributed by atoms with Crippen LogP contribution in [-0.2, 0) is 4.79 Å². The second-order valence-electron chi connectivity index (χ2n) is 6.85. The summed E-state index contributed by atoms with van der Waals surface area (Å²) < 4.78 is 12.8. The minimum atomic E-state index is -0.726. The van der Waals surface area contributed by atoms with Crippen molar-refractivity contribution in [2.75, 3.05) is 25.4 Å². The highest BCUT2D eigenvalue weighted by atomic mass is 32.2. The Morgan fingerprint density at radius 1 is 1.19 bits per heavy atom. The number of carbonyl (C=O) groups is 1. The van der Waals surface area contributed by atoms with E-state index in [1.807, 2.05) is 49.6 Å². The number of H-pyrrole nitrogens is 1. The Balaban J connectivity index is 2.12. The number of nitrogens with zero attached hydrogens (tertiary/aromatic N) is 3. The predicted octanol–water partition coefficient (Wildman–Crippen LogP) is 2.77. The average molecular weight is 440 g/mol. The molecule has 2 aromatic carbocycles. The number of thioether (sulfide) groups is 1. The zero-order valence-corrected chi connectivity index (χ0v) is 18.5. The third-order valence-corrected chi connectivity index (χ3v) is 5.80. The van der Waals surface area contributed by atoms with Gasteiger partial charge in [0.1, 0.15) is 0 Å². The van der Waals surface area contributed by atoms with Crippen LogP contribution in [0.25, 0.3) is 11.3 Å². The topological polar surface area (TPSA) is 88.4 Å². The number of aromatic amines is 1. The number of nitrogens with one attached hydrogen (secondary N) is 1. The Bertz CT molecular complexity index is 1210. The van der Waals surface area contributed by atoms with Gasteiger partial charge >= 0.3 is 11.3 Å². The molecule has 0 saturated heterocycles. The van der Waals surface area contributed by atoms with E-state index in [-0.39, 0.29) is 17.9 Å². The maximum absolute atomic E-state index is 13.2. The van der Waals surface area contributed by atoms with E-state index >= 15 is 0 Å². The van der Waals surface area contributed by atoms with Crippen molar-refractivity contribution in [1.29, 1.82) is 0 Å². The van der Waals surface area contributed by atoms with Gasteiger partial charge in [-0.15, -0.1) is 0 Å². The van der Waals surface area contributed by atoms with Gasteiger partial charge < -0.3 is 9.47 Å². The molecule has 31 heavy (non-hydrogen) atoms. The van der Waals surface area contributed by atoms with E-state index < -0.39 is 6.17 Å². The summed E-state index contributed by atoms with van der Waals surface area (Å²) in [4.78, 5) is 30.9. The second kappa shape index (κ2) is 8.43.